The van der Waals surface area contributed by atoms with Gasteiger partial charge < -0.3 is 5.32 Å². The third-order valence-electron chi connectivity index (χ3n) is 2.94. The van der Waals surface area contributed by atoms with E-state index in [1.165, 1.54) is 12.1 Å². The Hall–Kier alpha value is -2.21. The molecule has 5 nitrogen and oxygen atoms in total. The number of non-ortho nitro benzene ring substituents is 1. The molecule has 6 heteroatoms. The van der Waals surface area contributed by atoms with Gasteiger partial charge in [-0.15, -0.1) is 0 Å². The van der Waals surface area contributed by atoms with E-state index < -0.39 is 4.92 Å². The van der Waals surface area contributed by atoms with Crippen LogP contribution in [0.4, 0.5) is 5.69 Å². The number of hydrogen-bond acceptors (Lipinski definition) is 3. The normalized spacial score (nSPS) is 10.2. The molecule has 0 heterocycles. The van der Waals surface area contributed by atoms with Gasteiger partial charge in [0.2, 0.25) is 0 Å². The van der Waals surface area contributed by atoms with E-state index in [2.05, 4.69) is 21.2 Å². The molecular formula is C15H13BrN2O3. The van der Waals surface area contributed by atoms with Crippen LogP contribution >= 0.6 is 15.9 Å². The van der Waals surface area contributed by atoms with Gasteiger partial charge in [0.05, 0.1) is 10.5 Å². The minimum Gasteiger partial charge on any atom is -0.348 e. The molecule has 0 aliphatic heterocycles. The van der Waals surface area contributed by atoms with E-state index in [9.17, 15) is 14.9 Å². The van der Waals surface area contributed by atoms with E-state index in [1.807, 2.05) is 19.1 Å². The maximum absolute atomic E-state index is 12.1. The zero-order valence-corrected chi connectivity index (χ0v) is 12.9. The van der Waals surface area contributed by atoms with Crippen molar-refractivity contribution < 1.29 is 9.72 Å². The van der Waals surface area contributed by atoms with E-state index in [4.69, 9.17) is 0 Å². The minimum absolute atomic E-state index is 0.0125. The molecule has 21 heavy (non-hydrogen) atoms. The van der Waals surface area contributed by atoms with Gasteiger partial charge in [0.1, 0.15) is 0 Å². The molecule has 0 aliphatic rings. The number of benzene rings is 2. The lowest BCUT2D eigenvalue weighted by Crippen LogP contribution is -2.23. The summed E-state index contributed by atoms with van der Waals surface area (Å²) >= 11 is 3.34. The number of rotatable bonds is 4. The Balaban J connectivity index is 2.09. The second kappa shape index (κ2) is 6.49. The first kappa shape index (κ1) is 15.2. The molecule has 0 spiro atoms. The number of nitrogens with zero attached hydrogens (tertiary/aromatic N) is 1. The summed E-state index contributed by atoms with van der Waals surface area (Å²) in [5.74, 6) is -0.225. The van der Waals surface area contributed by atoms with Crippen molar-refractivity contribution in [2.75, 3.05) is 0 Å². The summed E-state index contributed by atoms with van der Waals surface area (Å²) in [4.78, 5) is 22.4. The van der Waals surface area contributed by atoms with Crippen molar-refractivity contribution >= 4 is 27.5 Å². The Morgan fingerprint density at radius 1 is 1.29 bits per heavy atom. The standard InChI is InChI=1S/C15H13BrN2O3/c1-10-5-6-14(16)13(7-10)15(19)17-9-11-3-2-4-12(8-11)18(20)21/h2-8H,9H2,1H3,(H,17,19). The van der Waals surface area contributed by atoms with E-state index in [0.29, 0.717) is 15.6 Å². The van der Waals surface area contributed by atoms with Crippen LogP contribution < -0.4 is 5.32 Å². The molecule has 1 amide bonds. The molecule has 1 N–H and O–H groups in total. The highest BCUT2D eigenvalue weighted by molar-refractivity contribution is 9.10. The van der Waals surface area contributed by atoms with Crippen LogP contribution in [-0.2, 0) is 6.54 Å². The predicted molar refractivity (Wildman–Crippen MR) is 83.1 cm³/mol. The summed E-state index contributed by atoms with van der Waals surface area (Å²) in [5.41, 5.74) is 2.22. The third-order valence-corrected chi connectivity index (χ3v) is 3.63. The summed E-state index contributed by atoms with van der Waals surface area (Å²) in [5, 5.41) is 13.5. The SMILES string of the molecule is Cc1ccc(Br)c(C(=O)NCc2cccc([N+](=O)[O-])c2)c1. The van der Waals surface area contributed by atoms with Crippen molar-refractivity contribution in [1.29, 1.82) is 0 Å². The second-order valence-electron chi connectivity index (χ2n) is 4.59. The smallest absolute Gasteiger partial charge is 0.269 e. The van der Waals surface area contributed by atoms with Gasteiger partial charge in [0.25, 0.3) is 11.6 Å². The van der Waals surface area contributed by atoms with Gasteiger partial charge in [-0.1, -0.05) is 23.8 Å². The number of nitro groups is 1. The van der Waals surface area contributed by atoms with E-state index in [-0.39, 0.29) is 18.1 Å². The van der Waals surface area contributed by atoms with Gasteiger partial charge in [0.15, 0.2) is 0 Å². The summed E-state index contributed by atoms with van der Waals surface area (Å²) in [7, 11) is 0. The molecule has 0 saturated heterocycles. The molecule has 0 aliphatic carbocycles. The topological polar surface area (TPSA) is 72.2 Å². The molecule has 2 rings (SSSR count). The minimum atomic E-state index is -0.456. The lowest BCUT2D eigenvalue weighted by atomic mass is 10.1. The molecular weight excluding hydrogens is 336 g/mol. The third kappa shape index (κ3) is 3.88. The van der Waals surface area contributed by atoms with Crippen molar-refractivity contribution in [1.82, 2.24) is 5.32 Å². The maximum Gasteiger partial charge on any atom is 0.269 e. The van der Waals surface area contributed by atoms with Crippen LogP contribution in [0.3, 0.4) is 0 Å². The lowest BCUT2D eigenvalue weighted by Gasteiger charge is -2.08. The first-order valence-electron chi connectivity index (χ1n) is 6.25. The van der Waals surface area contributed by atoms with Gasteiger partial charge in [-0.05, 0) is 40.5 Å². The van der Waals surface area contributed by atoms with Crippen LogP contribution in [0.25, 0.3) is 0 Å². The number of amides is 1. The van der Waals surface area contributed by atoms with Gasteiger partial charge >= 0.3 is 0 Å². The van der Waals surface area contributed by atoms with Crippen molar-refractivity contribution in [2.45, 2.75) is 13.5 Å². The van der Waals surface area contributed by atoms with Crippen molar-refractivity contribution in [3.8, 4) is 0 Å². The summed E-state index contributed by atoms with van der Waals surface area (Å²) < 4.78 is 0.713. The van der Waals surface area contributed by atoms with Gasteiger partial charge in [-0.25, -0.2) is 0 Å². The molecule has 108 valence electrons. The molecule has 0 bridgehead atoms. The average molecular weight is 349 g/mol. The Labute approximate surface area is 130 Å². The lowest BCUT2D eigenvalue weighted by molar-refractivity contribution is -0.384. The van der Waals surface area contributed by atoms with E-state index in [1.54, 1.807) is 18.2 Å². The number of nitro benzene ring substituents is 1. The fourth-order valence-corrected chi connectivity index (χ4v) is 2.30. The molecule has 0 aromatic heterocycles. The van der Waals surface area contributed by atoms with Gasteiger partial charge in [-0.3, -0.25) is 14.9 Å². The van der Waals surface area contributed by atoms with Crippen molar-refractivity contribution in [3.63, 3.8) is 0 Å². The fourth-order valence-electron chi connectivity index (χ4n) is 1.87. The number of halogens is 1. The largest absolute Gasteiger partial charge is 0.348 e. The quantitative estimate of drug-likeness (QED) is 0.677. The number of aryl methyl sites for hydroxylation is 1. The maximum atomic E-state index is 12.1. The highest BCUT2D eigenvalue weighted by Crippen LogP contribution is 2.18. The number of nitrogens with one attached hydrogen (secondary N) is 1. The number of carbonyl (C=O) groups excluding carboxylic acids is 1. The van der Waals surface area contributed by atoms with E-state index in [0.717, 1.165) is 5.56 Å². The Bertz CT molecular complexity index is 701. The molecule has 0 unspecified atom stereocenters. The highest BCUT2D eigenvalue weighted by Gasteiger charge is 2.11. The zero-order valence-electron chi connectivity index (χ0n) is 11.3. The Morgan fingerprint density at radius 2 is 2.05 bits per heavy atom. The average Bonchev–Trinajstić information content (AvgIpc) is 2.47. The highest BCUT2D eigenvalue weighted by atomic mass is 79.9. The molecule has 0 radical (unpaired) electrons. The monoisotopic (exact) mass is 348 g/mol. The summed E-state index contributed by atoms with van der Waals surface area (Å²) in [6.45, 7) is 2.14. The van der Waals surface area contributed by atoms with Crippen LogP contribution in [-0.4, -0.2) is 10.8 Å². The molecule has 2 aromatic carbocycles. The van der Waals surface area contributed by atoms with Crippen molar-refractivity contribution in [2.24, 2.45) is 0 Å². The van der Waals surface area contributed by atoms with E-state index >= 15 is 0 Å². The number of hydrogen-bond donors (Lipinski definition) is 1. The zero-order chi connectivity index (χ0) is 15.4. The summed E-state index contributed by atoms with van der Waals surface area (Å²) in [6, 6.07) is 11.7. The second-order valence-corrected chi connectivity index (χ2v) is 5.45. The predicted octanol–water partition coefficient (Wildman–Crippen LogP) is 3.60. The Kier molecular flexibility index (Phi) is 4.70. The van der Waals surface area contributed by atoms with Crippen LogP contribution in [0.15, 0.2) is 46.9 Å². The molecule has 2 aromatic rings. The van der Waals surface area contributed by atoms with Crippen LogP contribution in [0.5, 0.6) is 0 Å². The first-order valence-corrected chi connectivity index (χ1v) is 7.04. The van der Waals surface area contributed by atoms with Crippen molar-refractivity contribution in [3.05, 3.63) is 73.7 Å². The number of carbonyl (C=O) groups is 1. The fraction of sp³-hybridized carbons (Fsp3) is 0.133. The van der Waals surface area contributed by atoms with Gasteiger partial charge in [-0.2, -0.15) is 0 Å². The first-order chi connectivity index (χ1) is 9.97. The molecule has 0 atom stereocenters. The van der Waals surface area contributed by atoms with Crippen LogP contribution in [0.1, 0.15) is 21.5 Å². The molecule has 0 fully saturated rings. The van der Waals surface area contributed by atoms with Gasteiger partial charge in [0, 0.05) is 23.2 Å². The van der Waals surface area contributed by atoms with Crippen LogP contribution in [0, 0.1) is 17.0 Å². The Morgan fingerprint density at radius 3 is 2.76 bits per heavy atom. The summed E-state index contributed by atoms with van der Waals surface area (Å²) in [6.07, 6.45) is 0. The molecule has 0 saturated carbocycles. The van der Waals surface area contributed by atoms with Crippen LogP contribution in [0.2, 0.25) is 0 Å².